The lowest BCUT2D eigenvalue weighted by molar-refractivity contribution is 0.189. The Balaban J connectivity index is 1.40. The minimum absolute atomic E-state index is 0.813. The van der Waals surface area contributed by atoms with Gasteiger partial charge in [0.05, 0.1) is 6.61 Å². The molecule has 1 fully saturated rings. The average molecular weight is 355 g/mol. The van der Waals surface area contributed by atoms with Gasteiger partial charge in [0.25, 0.3) is 0 Å². The molecule has 0 N–H and O–H groups in total. The van der Waals surface area contributed by atoms with E-state index in [1.54, 1.807) is 5.57 Å². The van der Waals surface area contributed by atoms with Gasteiger partial charge in [0.15, 0.2) is 0 Å². The zero-order valence-corrected chi connectivity index (χ0v) is 17.0. The Bertz CT molecular complexity index is 548. The third-order valence-electron chi connectivity index (χ3n) is 6.81. The first-order valence-electron chi connectivity index (χ1n) is 11.2. The summed E-state index contributed by atoms with van der Waals surface area (Å²) in [6.45, 7) is 5.33. The van der Waals surface area contributed by atoms with Crippen LogP contribution in [0.3, 0.4) is 0 Å². The van der Waals surface area contributed by atoms with Crippen LogP contribution in [0.2, 0.25) is 0 Å². The summed E-state index contributed by atoms with van der Waals surface area (Å²) < 4.78 is 5.68. The van der Waals surface area contributed by atoms with Gasteiger partial charge in [-0.25, -0.2) is 0 Å². The fourth-order valence-electron chi connectivity index (χ4n) is 4.91. The van der Waals surface area contributed by atoms with Crippen LogP contribution in [0.1, 0.15) is 83.6 Å². The standard InChI is InChI=1S/C25H38O/c1-3-19-26-25-17-11-22(12-18-25)6-5-21-9-15-24(16-10-21)23-13-7-20(4-2)8-14-23/h9,11-12,17-18,20,23-24H,3-8,10,13-16,19H2,1-2H3. The van der Waals surface area contributed by atoms with E-state index >= 15 is 0 Å². The smallest absolute Gasteiger partial charge is 0.119 e. The Morgan fingerprint density at radius 3 is 2.27 bits per heavy atom. The lowest BCUT2D eigenvalue weighted by Crippen LogP contribution is -2.23. The number of aryl methyl sites for hydroxylation is 1. The molecule has 0 bridgehead atoms. The van der Waals surface area contributed by atoms with Crippen molar-refractivity contribution in [2.45, 2.75) is 84.5 Å². The Kier molecular flexibility index (Phi) is 7.65. The molecule has 0 spiro atoms. The molecule has 0 amide bonds. The molecule has 1 aromatic rings. The number of hydrogen-bond acceptors (Lipinski definition) is 1. The number of hydrogen-bond donors (Lipinski definition) is 0. The van der Waals surface area contributed by atoms with Gasteiger partial charge in [0.1, 0.15) is 5.75 Å². The van der Waals surface area contributed by atoms with Gasteiger partial charge in [-0.2, -0.15) is 0 Å². The number of ether oxygens (including phenoxy) is 1. The molecule has 0 saturated heterocycles. The molecule has 0 radical (unpaired) electrons. The van der Waals surface area contributed by atoms with Gasteiger partial charge in [-0.05, 0) is 86.8 Å². The Morgan fingerprint density at radius 1 is 0.885 bits per heavy atom. The molecular weight excluding hydrogens is 316 g/mol. The van der Waals surface area contributed by atoms with Crippen molar-refractivity contribution in [1.82, 2.24) is 0 Å². The maximum Gasteiger partial charge on any atom is 0.119 e. The number of rotatable bonds is 8. The van der Waals surface area contributed by atoms with Gasteiger partial charge in [0, 0.05) is 0 Å². The normalized spacial score (nSPS) is 26.4. The molecule has 1 atom stereocenters. The van der Waals surface area contributed by atoms with Gasteiger partial charge in [-0.15, -0.1) is 0 Å². The van der Waals surface area contributed by atoms with E-state index in [1.807, 2.05) is 0 Å². The van der Waals surface area contributed by atoms with Crippen molar-refractivity contribution in [2.75, 3.05) is 6.61 Å². The summed E-state index contributed by atoms with van der Waals surface area (Å²) in [6, 6.07) is 8.73. The third kappa shape index (κ3) is 5.63. The Labute approximate surface area is 161 Å². The molecule has 2 aliphatic rings. The summed E-state index contributed by atoms with van der Waals surface area (Å²) >= 11 is 0. The van der Waals surface area contributed by atoms with E-state index in [9.17, 15) is 0 Å². The fourth-order valence-corrected chi connectivity index (χ4v) is 4.91. The predicted molar refractivity (Wildman–Crippen MR) is 112 cm³/mol. The highest BCUT2D eigenvalue weighted by atomic mass is 16.5. The topological polar surface area (TPSA) is 9.23 Å². The van der Waals surface area contributed by atoms with Crippen molar-refractivity contribution >= 4 is 0 Å². The summed E-state index contributed by atoms with van der Waals surface area (Å²) in [5.41, 5.74) is 3.14. The molecule has 0 aliphatic heterocycles. The van der Waals surface area contributed by atoms with Gasteiger partial charge in [0.2, 0.25) is 0 Å². The van der Waals surface area contributed by atoms with E-state index in [1.165, 1.54) is 69.8 Å². The molecule has 1 nitrogen and oxygen atoms in total. The Morgan fingerprint density at radius 2 is 1.65 bits per heavy atom. The first-order chi connectivity index (χ1) is 12.8. The molecule has 1 unspecified atom stereocenters. The zero-order chi connectivity index (χ0) is 18.2. The minimum Gasteiger partial charge on any atom is -0.494 e. The lowest BCUT2D eigenvalue weighted by Gasteiger charge is -2.35. The van der Waals surface area contributed by atoms with Crippen molar-refractivity contribution < 1.29 is 4.74 Å². The zero-order valence-electron chi connectivity index (χ0n) is 17.0. The molecule has 144 valence electrons. The summed E-state index contributed by atoms with van der Waals surface area (Å²) in [4.78, 5) is 0. The quantitative estimate of drug-likeness (QED) is 0.443. The van der Waals surface area contributed by atoms with Crippen molar-refractivity contribution in [3.05, 3.63) is 41.5 Å². The number of allylic oxidation sites excluding steroid dienone is 2. The van der Waals surface area contributed by atoms with Crippen LogP contribution in [0.15, 0.2) is 35.9 Å². The van der Waals surface area contributed by atoms with Crippen LogP contribution in [0, 0.1) is 17.8 Å². The molecule has 1 heteroatoms. The molecule has 0 heterocycles. The van der Waals surface area contributed by atoms with E-state index in [0.29, 0.717) is 0 Å². The maximum atomic E-state index is 5.68. The van der Waals surface area contributed by atoms with E-state index < -0.39 is 0 Å². The summed E-state index contributed by atoms with van der Waals surface area (Å²) in [5, 5.41) is 0. The average Bonchev–Trinajstić information content (AvgIpc) is 2.72. The molecule has 1 saturated carbocycles. The van der Waals surface area contributed by atoms with E-state index in [-0.39, 0.29) is 0 Å². The highest BCUT2D eigenvalue weighted by molar-refractivity contribution is 5.28. The van der Waals surface area contributed by atoms with Crippen LogP contribution in [-0.4, -0.2) is 6.61 Å². The van der Waals surface area contributed by atoms with E-state index in [0.717, 1.165) is 36.5 Å². The van der Waals surface area contributed by atoms with Gasteiger partial charge < -0.3 is 4.74 Å². The van der Waals surface area contributed by atoms with E-state index in [2.05, 4.69) is 44.2 Å². The molecular formula is C25H38O. The van der Waals surface area contributed by atoms with Crippen LogP contribution in [0.5, 0.6) is 5.75 Å². The van der Waals surface area contributed by atoms with Gasteiger partial charge in [-0.3, -0.25) is 0 Å². The third-order valence-corrected chi connectivity index (χ3v) is 6.81. The second-order valence-corrected chi connectivity index (χ2v) is 8.58. The summed E-state index contributed by atoms with van der Waals surface area (Å²) in [5.74, 6) is 4.03. The molecule has 2 aliphatic carbocycles. The minimum atomic E-state index is 0.813. The number of benzene rings is 1. The highest BCUT2D eigenvalue weighted by Gasteiger charge is 2.27. The van der Waals surface area contributed by atoms with Crippen molar-refractivity contribution in [3.63, 3.8) is 0 Å². The second kappa shape index (κ2) is 10.2. The van der Waals surface area contributed by atoms with Crippen LogP contribution < -0.4 is 4.74 Å². The highest BCUT2D eigenvalue weighted by Crippen LogP contribution is 2.40. The fraction of sp³-hybridized carbons (Fsp3) is 0.680. The van der Waals surface area contributed by atoms with Crippen LogP contribution >= 0.6 is 0 Å². The van der Waals surface area contributed by atoms with Gasteiger partial charge >= 0.3 is 0 Å². The molecule has 26 heavy (non-hydrogen) atoms. The van der Waals surface area contributed by atoms with Crippen LogP contribution in [0.25, 0.3) is 0 Å². The molecule has 1 aromatic carbocycles. The largest absolute Gasteiger partial charge is 0.494 e. The van der Waals surface area contributed by atoms with Crippen molar-refractivity contribution in [2.24, 2.45) is 17.8 Å². The first-order valence-corrected chi connectivity index (χ1v) is 11.2. The van der Waals surface area contributed by atoms with Crippen molar-refractivity contribution in [3.8, 4) is 5.75 Å². The molecule has 3 rings (SSSR count). The summed E-state index contributed by atoms with van der Waals surface area (Å²) in [7, 11) is 0. The van der Waals surface area contributed by atoms with Crippen LogP contribution in [-0.2, 0) is 6.42 Å². The Hall–Kier alpha value is -1.24. The van der Waals surface area contributed by atoms with E-state index in [4.69, 9.17) is 4.74 Å². The summed E-state index contributed by atoms with van der Waals surface area (Å²) in [6.07, 6.45) is 17.6. The van der Waals surface area contributed by atoms with Crippen LogP contribution in [0.4, 0.5) is 0 Å². The van der Waals surface area contributed by atoms with Crippen molar-refractivity contribution in [1.29, 1.82) is 0 Å². The first kappa shape index (κ1) is 19.5. The molecule has 0 aromatic heterocycles. The SMILES string of the molecule is CCCOc1ccc(CCC2=CCC(C3CCC(CC)CC3)CC2)cc1. The lowest BCUT2D eigenvalue weighted by atomic mass is 9.71. The monoisotopic (exact) mass is 354 g/mol. The maximum absolute atomic E-state index is 5.68. The second-order valence-electron chi connectivity index (χ2n) is 8.58. The van der Waals surface area contributed by atoms with Gasteiger partial charge in [-0.1, -0.05) is 56.9 Å². The predicted octanol–water partition coefficient (Wildman–Crippen LogP) is 7.35.